The van der Waals surface area contributed by atoms with Gasteiger partial charge in [-0.05, 0) is 36.4 Å². The first-order valence-corrected chi connectivity index (χ1v) is 6.87. The number of carboxylic acids is 1. The van der Waals surface area contributed by atoms with Gasteiger partial charge < -0.3 is 15.5 Å². The van der Waals surface area contributed by atoms with Gasteiger partial charge in [-0.15, -0.1) is 0 Å². The molecule has 2 aromatic carbocycles. The zero-order chi connectivity index (χ0) is 15.6. The van der Waals surface area contributed by atoms with Crippen molar-refractivity contribution in [1.29, 1.82) is 0 Å². The molecule has 5 nitrogen and oxygen atoms in total. The molecule has 0 aliphatic carbocycles. The summed E-state index contributed by atoms with van der Waals surface area (Å²) in [6, 6.07) is 8.35. The molecule has 3 N–H and O–H groups in total. The number of carbonyl (C=O) groups excluding carboxylic acids is 1. The Kier molecular flexibility index (Phi) is 4.50. The lowest BCUT2D eigenvalue weighted by Gasteiger charge is -2.08. The van der Waals surface area contributed by atoms with Crippen molar-refractivity contribution in [3.05, 3.63) is 57.0 Å². The molecule has 7 heteroatoms. The average molecular weight is 371 g/mol. The van der Waals surface area contributed by atoms with Gasteiger partial charge in [0.05, 0.1) is 11.3 Å². The lowest BCUT2D eigenvalue weighted by molar-refractivity contribution is 0.0696. The fraction of sp³-hybridized carbons (Fsp3) is 0. The van der Waals surface area contributed by atoms with Crippen molar-refractivity contribution in [3.8, 4) is 5.75 Å². The van der Waals surface area contributed by atoms with E-state index in [4.69, 9.17) is 16.7 Å². The number of hydrogen-bond donors (Lipinski definition) is 3. The fourth-order valence-electron chi connectivity index (χ4n) is 1.65. The van der Waals surface area contributed by atoms with Gasteiger partial charge in [-0.2, -0.15) is 0 Å². The number of phenols is 1. The molecule has 0 aliphatic rings. The van der Waals surface area contributed by atoms with Crippen molar-refractivity contribution >= 4 is 45.1 Å². The maximum atomic E-state index is 12.1. The van der Waals surface area contributed by atoms with Crippen molar-refractivity contribution in [1.82, 2.24) is 0 Å². The SMILES string of the molecule is O=C(O)c1ccc(NC(=O)c2cc(Cl)cc(Br)c2)c(O)c1. The third-order valence-corrected chi connectivity index (χ3v) is 3.29. The Morgan fingerprint density at radius 1 is 1.10 bits per heavy atom. The molecule has 0 spiro atoms. The van der Waals surface area contributed by atoms with Gasteiger partial charge in [0.25, 0.3) is 5.91 Å². The van der Waals surface area contributed by atoms with E-state index in [2.05, 4.69) is 21.2 Å². The van der Waals surface area contributed by atoms with E-state index < -0.39 is 11.9 Å². The van der Waals surface area contributed by atoms with E-state index in [-0.39, 0.29) is 17.0 Å². The lowest BCUT2D eigenvalue weighted by Crippen LogP contribution is -2.12. The third kappa shape index (κ3) is 3.74. The summed E-state index contributed by atoms with van der Waals surface area (Å²) in [6.45, 7) is 0. The summed E-state index contributed by atoms with van der Waals surface area (Å²) in [5.74, 6) is -1.97. The van der Waals surface area contributed by atoms with Gasteiger partial charge in [0.15, 0.2) is 0 Å². The van der Waals surface area contributed by atoms with Gasteiger partial charge >= 0.3 is 5.97 Å². The van der Waals surface area contributed by atoms with Crippen LogP contribution in [0.3, 0.4) is 0 Å². The molecule has 1 amide bonds. The van der Waals surface area contributed by atoms with Crippen LogP contribution in [0.25, 0.3) is 0 Å². The molecule has 0 fully saturated rings. The number of hydrogen-bond acceptors (Lipinski definition) is 3. The number of rotatable bonds is 3. The van der Waals surface area contributed by atoms with Crippen molar-refractivity contribution in [2.45, 2.75) is 0 Å². The Morgan fingerprint density at radius 3 is 2.38 bits per heavy atom. The maximum Gasteiger partial charge on any atom is 0.335 e. The maximum absolute atomic E-state index is 12.1. The first kappa shape index (κ1) is 15.3. The summed E-state index contributed by atoms with van der Waals surface area (Å²) in [5, 5.41) is 21.4. The molecule has 0 saturated carbocycles. The molecule has 0 radical (unpaired) electrons. The van der Waals surface area contributed by atoms with Gasteiger partial charge in [-0.1, -0.05) is 27.5 Å². The standard InChI is InChI=1S/C14H9BrClNO4/c15-9-3-8(4-10(16)6-9)13(19)17-11-2-1-7(14(20)21)5-12(11)18/h1-6,18H,(H,17,19)(H,20,21). The van der Waals surface area contributed by atoms with E-state index in [1.54, 1.807) is 12.1 Å². The van der Waals surface area contributed by atoms with E-state index in [1.807, 2.05) is 0 Å². The van der Waals surface area contributed by atoms with Crippen LogP contribution in [0.4, 0.5) is 5.69 Å². The van der Waals surface area contributed by atoms with Gasteiger partial charge in [0.1, 0.15) is 5.75 Å². The molecule has 108 valence electrons. The molecule has 0 unspecified atom stereocenters. The Morgan fingerprint density at radius 2 is 1.81 bits per heavy atom. The fourth-order valence-corrected chi connectivity index (χ4v) is 2.51. The van der Waals surface area contributed by atoms with Crippen LogP contribution in [-0.4, -0.2) is 22.1 Å². The second kappa shape index (κ2) is 6.15. The van der Waals surface area contributed by atoms with E-state index in [1.165, 1.54) is 18.2 Å². The highest BCUT2D eigenvalue weighted by Gasteiger charge is 2.12. The molecule has 2 rings (SSSR count). The number of aromatic carboxylic acids is 1. The van der Waals surface area contributed by atoms with E-state index in [0.29, 0.717) is 15.1 Å². The topological polar surface area (TPSA) is 86.6 Å². The second-order valence-electron chi connectivity index (χ2n) is 4.15. The van der Waals surface area contributed by atoms with Crippen molar-refractivity contribution in [3.63, 3.8) is 0 Å². The molecular formula is C14H9BrClNO4. The number of benzene rings is 2. The van der Waals surface area contributed by atoms with Gasteiger partial charge in [-0.25, -0.2) is 4.79 Å². The number of carbonyl (C=O) groups is 2. The summed E-state index contributed by atoms with van der Waals surface area (Å²) in [5.41, 5.74) is 0.341. The van der Waals surface area contributed by atoms with Crippen molar-refractivity contribution < 1.29 is 19.8 Å². The number of amides is 1. The van der Waals surface area contributed by atoms with Crippen LogP contribution in [0.15, 0.2) is 40.9 Å². The zero-order valence-corrected chi connectivity index (χ0v) is 12.8. The van der Waals surface area contributed by atoms with Crippen LogP contribution in [-0.2, 0) is 0 Å². The van der Waals surface area contributed by atoms with Gasteiger partial charge in [0, 0.05) is 15.1 Å². The Bertz CT molecular complexity index is 713. The second-order valence-corrected chi connectivity index (χ2v) is 5.50. The van der Waals surface area contributed by atoms with E-state index in [9.17, 15) is 14.7 Å². The number of anilines is 1. The molecule has 2 aromatic rings. The van der Waals surface area contributed by atoms with Crippen LogP contribution in [0.1, 0.15) is 20.7 Å². The summed E-state index contributed by atoms with van der Waals surface area (Å²) in [6.07, 6.45) is 0. The average Bonchev–Trinajstić information content (AvgIpc) is 2.39. The molecule has 0 aliphatic heterocycles. The number of aromatic hydroxyl groups is 1. The number of phenolic OH excluding ortho intramolecular Hbond substituents is 1. The van der Waals surface area contributed by atoms with Gasteiger partial charge in [0.2, 0.25) is 0 Å². The molecule has 0 saturated heterocycles. The highest BCUT2D eigenvalue weighted by atomic mass is 79.9. The Balaban J connectivity index is 2.25. The summed E-state index contributed by atoms with van der Waals surface area (Å²) in [7, 11) is 0. The Labute approximate surface area is 133 Å². The molecule has 0 aromatic heterocycles. The first-order chi connectivity index (χ1) is 9.86. The van der Waals surface area contributed by atoms with Crippen LogP contribution in [0, 0.1) is 0 Å². The number of halogens is 2. The normalized spacial score (nSPS) is 10.2. The number of nitrogens with one attached hydrogen (secondary N) is 1. The zero-order valence-electron chi connectivity index (χ0n) is 10.4. The molecular weight excluding hydrogens is 362 g/mol. The summed E-state index contributed by atoms with van der Waals surface area (Å²) < 4.78 is 0.644. The van der Waals surface area contributed by atoms with Crippen LogP contribution >= 0.6 is 27.5 Å². The first-order valence-electron chi connectivity index (χ1n) is 5.70. The highest BCUT2D eigenvalue weighted by molar-refractivity contribution is 9.10. The highest BCUT2D eigenvalue weighted by Crippen LogP contribution is 2.26. The molecule has 0 atom stereocenters. The van der Waals surface area contributed by atoms with Crippen LogP contribution < -0.4 is 5.32 Å². The lowest BCUT2D eigenvalue weighted by atomic mass is 10.1. The minimum Gasteiger partial charge on any atom is -0.506 e. The summed E-state index contributed by atoms with van der Waals surface area (Å²) in [4.78, 5) is 22.8. The molecule has 21 heavy (non-hydrogen) atoms. The third-order valence-electron chi connectivity index (χ3n) is 2.62. The van der Waals surface area contributed by atoms with E-state index >= 15 is 0 Å². The van der Waals surface area contributed by atoms with E-state index in [0.717, 1.165) is 6.07 Å². The number of carboxylic acid groups (broad SMARTS) is 1. The van der Waals surface area contributed by atoms with Crippen LogP contribution in [0.5, 0.6) is 5.75 Å². The largest absolute Gasteiger partial charge is 0.506 e. The minimum absolute atomic E-state index is 0.0731. The predicted octanol–water partition coefficient (Wildman–Crippen LogP) is 3.76. The van der Waals surface area contributed by atoms with Crippen LogP contribution in [0.2, 0.25) is 5.02 Å². The van der Waals surface area contributed by atoms with Crippen molar-refractivity contribution in [2.24, 2.45) is 0 Å². The smallest absolute Gasteiger partial charge is 0.335 e. The summed E-state index contributed by atoms with van der Waals surface area (Å²) >= 11 is 9.09. The van der Waals surface area contributed by atoms with Gasteiger partial charge in [-0.3, -0.25) is 4.79 Å². The minimum atomic E-state index is -1.16. The monoisotopic (exact) mass is 369 g/mol. The Hall–Kier alpha value is -2.05. The molecule has 0 heterocycles. The molecule has 0 bridgehead atoms. The van der Waals surface area contributed by atoms with Crippen molar-refractivity contribution in [2.75, 3.05) is 5.32 Å². The quantitative estimate of drug-likeness (QED) is 0.718. The predicted molar refractivity (Wildman–Crippen MR) is 82.2 cm³/mol.